The van der Waals surface area contributed by atoms with Crippen LogP contribution >= 0.6 is 0 Å². The summed E-state index contributed by atoms with van der Waals surface area (Å²) in [5.41, 5.74) is 1.92. The number of hydrogen-bond donors (Lipinski definition) is 1. The van der Waals surface area contributed by atoms with Crippen molar-refractivity contribution < 1.29 is 22.7 Å². The van der Waals surface area contributed by atoms with Crippen LogP contribution in [0, 0.1) is 0 Å². The van der Waals surface area contributed by atoms with E-state index in [9.17, 15) is 13.2 Å². The van der Waals surface area contributed by atoms with Crippen molar-refractivity contribution in [1.82, 2.24) is 9.78 Å². The molecule has 0 aliphatic carbocycles. The second kappa shape index (κ2) is 9.58. The van der Waals surface area contributed by atoms with Gasteiger partial charge in [-0.1, -0.05) is 24.3 Å². The Labute approximate surface area is 191 Å². The van der Waals surface area contributed by atoms with Crippen LogP contribution in [0.3, 0.4) is 0 Å². The number of para-hydroxylation sites is 1. The zero-order chi connectivity index (χ0) is 23.3. The Kier molecular flexibility index (Phi) is 6.41. The lowest BCUT2D eigenvalue weighted by Crippen LogP contribution is -2.16. The molecule has 3 aromatic carbocycles. The second-order valence-corrected chi connectivity index (χ2v) is 8.70. The lowest BCUT2D eigenvalue weighted by atomic mass is 10.2. The van der Waals surface area contributed by atoms with Gasteiger partial charge in [0.2, 0.25) is 0 Å². The monoisotopic (exact) mass is 463 g/mol. The van der Waals surface area contributed by atoms with Gasteiger partial charge in [0, 0.05) is 12.4 Å². The fraction of sp³-hybridized carbons (Fsp3) is 0.0833. The zero-order valence-corrected chi connectivity index (χ0v) is 18.5. The minimum absolute atomic E-state index is 0.0395. The first kappa shape index (κ1) is 22.1. The molecule has 0 unspecified atom stereocenters. The van der Waals surface area contributed by atoms with Crippen LogP contribution in [0.1, 0.15) is 15.9 Å². The summed E-state index contributed by atoms with van der Waals surface area (Å²) in [5.74, 6) is -0.102. The third-order valence-electron chi connectivity index (χ3n) is 4.84. The van der Waals surface area contributed by atoms with Gasteiger partial charge >= 0.3 is 5.97 Å². The van der Waals surface area contributed by atoms with E-state index in [1.54, 1.807) is 35.1 Å². The molecule has 0 aliphatic heterocycles. The number of methoxy groups -OCH3 is 1. The average molecular weight is 464 g/mol. The molecule has 168 valence electrons. The number of esters is 1. The Hall–Kier alpha value is -4.11. The lowest BCUT2D eigenvalue weighted by Gasteiger charge is -2.13. The molecule has 4 rings (SSSR count). The van der Waals surface area contributed by atoms with E-state index < -0.39 is 16.0 Å². The van der Waals surface area contributed by atoms with Crippen LogP contribution in [0.2, 0.25) is 0 Å². The summed E-state index contributed by atoms with van der Waals surface area (Å²) in [6, 6.07) is 21.5. The maximum Gasteiger partial charge on any atom is 0.340 e. The molecule has 8 nitrogen and oxygen atoms in total. The van der Waals surface area contributed by atoms with Crippen molar-refractivity contribution in [2.24, 2.45) is 0 Å². The Balaban J connectivity index is 1.45. The molecule has 0 amide bonds. The number of nitrogens with one attached hydrogen (secondary N) is 1. The second-order valence-electron chi connectivity index (χ2n) is 7.02. The lowest BCUT2D eigenvalue weighted by molar-refractivity contribution is 0.0474. The molecule has 0 aliphatic rings. The van der Waals surface area contributed by atoms with Crippen LogP contribution in [0.25, 0.3) is 5.69 Å². The largest absolute Gasteiger partial charge is 0.497 e. The zero-order valence-electron chi connectivity index (χ0n) is 17.7. The summed E-state index contributed by atoms with van der Waals surface area (Å²) in [4.78, 5) is 12.8. The Morgan fingerprint density at radius 2 is 1.70 bits per heavy atom. The number of carbonyl (C=O) groups excluding carboxylic acids is 1. The van der Waals surface area contributed by atoms with Crippen LogP contribution in [0.5, 0.6) is 5.75 Å². The van der Waals surface area contributed by atoms with E-state index in [0.717, 1.165) is 11.3 Å². The van der Waals surface area contributed by atoms with Crippen molar-refractivity contribution in [2.75, 3.05) is 11.8 Å². The van der Waals surface area contributed by atoms with Crippen molar-refractivity contribution in [3.05, 3.63) is 102 Å². The molecule has 4 aromatic rings. The van der Waals surface area contributed by atoms with E-state index in [-0.39, 0.29) is 22.8 Å². The molecule has 1 aromatic heterocycles. The third-order valence-corrected chi connectivity index (χ3v) is 6.22. The van der Waals surface area contributed by atoms with E-state index in [4.69, 9.17) is 9.47 Å². The molecule has 0 atom stereocenters. The molecule has 0 radical (unpaired) electrons. The molecule has 0 saturated carbocycles. The number of nitrogens with zero attached hydrogens (tertiary/aromatic N) is 2. The third kappa shape index (κ3) is 5.21. The van der Waals surface area contributed by atoms with Gasteiger partial charge in [-0.25, -0.2) is 17.9 Å². The van der Waals surface area contributed by atoms with Gasteiger partial charge in [0.05, 0.1) is 28.9 Å². The van der Waals surface area contributed by atoms with E-state index in [1.165, 1.54) is 31.4 Å². The molecule has 33 heavy (non-hydrogen) atoms. The van der Waals surface area contributed by atoms with Gasteiger partial charge in [0.25, 0.3) is 10.0 Å². The van der Waals surface area contributed by atoms with E-state index in [1.807, 2.05) is 36.5 Å². The summed E-state index contributed by atoms with van der Waals surface area (Å²) in [6.45, 7) is 0.0395. The number of rotatable bonds is 8. The summed E-state index contributed by atoms with van der Waals surface area (Å²) < 4.78 is 40.2. The predicted octanol–water partition coefficient (Wildman–Crippen LogP) is 4.04. The minimum Gasteiger partial charge on any atom is -0.497 e. The van der Waals surface area contributed by atoms with Crippen molar-refractivity contribution in [2.45, 2.75) is 11.5 Å². The van der Waals surface area contributed by atoms with Crippen LogP contribution in [-0.2, 0) is 21.4 Å². The summed E-state index contributed by atoms with van der Waals surface area (Å²) in [6.07, 6.45) is 3.52. The molecule has 0 fully saturated rings. The number of aromatic nitrogens is 2. The highest BCUT2D eigenvalue weighted by Crippen LogP contribution is 2.23. The summed E-state index contributed by atoms with van der Waals surface area (Å²) in [5, 5.41) is 4.17. The van der Waals surface area contributed by atoms with E-state index in [0.29, 0.717) is 5.75 Å². The molecule has 1 heterocycles. The van der Waals surface area contributed by atoms with Gasteiger partial charge in [-0.15, -0.1) is 0 Å². The topological polar surface area (TPSA) is 99.5 Å². The maximum absolute atomic E-state index is 12.8. The Morgan fingerprint density at radius 1 is 0.970 bits per heavy atom. The van der Waals surface area contributed by atoms with Crippen LogP contribution in [0.4, 0.5) is 5.69 Å². The highest BCUT2D eigenvalue weighted by atomic mass is 32.2. The smallest absolute Gasteiger partial charge is 0.340 e. The average Bonchev–Trinajstić information content (AvgIpc) is 3.38. The first-order chi connectivity index (χ1) is 16.0. The quantitative estimate of drug-likeness (QED) is 0.396. The van der Waals surface area contributed by atoms with Gasteiger partial charge in [-0.2, -0.15) is 5.10 Å². The molecule has 1 N–H and O–H groups in total. The van der Waals surface area contributed by atoms with Crippen LogP contribution < -0.4 is 9.46 Å². The van der Waals surface area contributed by atoms with Gasteiger partial charge in [-0.3, -0.25) is 4.72 Å². The number of sulfonamides is 1. The number of ether oxygens (including phenoxy) is 2. The van der Waals surface area contributed by atoms with Crippen LogP contribution in [-0.4, -0.2) is 31.3 Å². The maximum atomic E-state index is 12.8. The first-order valence-corrected chi connectivity index (χ1v) is 11.5. The van der Waals surface area contributed by atoms with Crippen LogP contribution in [0.15, 0.2) is 96.2 Å². The normalized spacial score (nSPS) is 11.1. The molecule has 0 bridgehead atoms. The number of anilines is 1. The Morgan fingerprint density at radius 3 is 2.36 bits per heavy atom. The van der Waals surface area contributed by atoms with Crippen molar-refractivity contribution >= 4 is 21.7 Å². The minimum atomic E-state index is -3.91. The fourth-order valence-electron chi connectivity index (χ4n) is 3.10. The highest BCUT2D eigenvalue weighted by molar-refractivity contribution is 7.92. The van der Waals surface area contributed by atoms with E-state index >= 15 is 0 Å². The van der Waals surface area contributed by atoms with Gasteiger partial charge in [0.15, 0.2) is 0 Å². The molecule has 0 saturated heterocycles. The van der Waals surface area contributed by atoms with Gasteiger partial charge in [0.1, 0.15) is 12.4 Å². The van der Waals surface area contributed by atoms with Gasteiger partial charge < -0.3 is 9.47 Å². The Bertz CT molecular complexity index is 1330. The van der Waals surface area contributed by atoms with Crippen molar-refractivity contribution in [3.63, 3.8) is 0 Å². The standard InChI is InChI=1S/C24H21N3O5S/c1-31-20-11-13-21(14-12-20)33(29,30)26-23-6-3-2-5-22(23)24(28)32-17-18-7-9-19(10-8-18)27-16-4-15-25-27/h2-16,26H,17H2,1H3. The number of benzene rings is 3. The van der Waals surface area contributed by atoms with Crippen molar-refractivity contribution in [3.8, 4) is 11.4 Å². The van der Waals surface area contributed by atoms with E-state index in [2.05, 4.69) is 9.82 Å². The first-order valence-electron chi connectivity index (χ1n) is 9.98. The fourth-order valence-corrected chi connectivity index (χ4v) is 4.18. The number of carbonyl (C=O) groups is 1. The molecular weight excluding hydrogens is 442 g/mol. The number of hydrogen-bond acceptors (Lipinski definition) is 6. The molecular formula is C24H21N3O5S. The van der Waals surface area contributed by atoms with Crippen molar-refractivity contribution in [1.29, 1.82) is 0 Å². The molecule has 0 spiro atoms. The van der Waals surface area contributed by atoms with Gasteiger partial charge in [-0.05, 0) is 60.2 Å². The summed E-state index contributed by atoms with van der Waals surface area (Å²) >= 11 is 0. The summed E-state index contributed by atoms with van der Waals surface area (Å²) in [7, 11) is -2.41. The molecule has 9 heteroatoms. The predicted molar refractivity (Wildman–Crippen MR) is 123 cm³/mol. The SMILES string of the molecule is COc1ccc(S(=O)(=O)Nc2ccccc2C(=O)OCc2ccc(-n3cccn3)cc2)cc1. The highest BCUT2D eigenvalue weighted by Gasteiger charge is 2.19.